The maximum atomic E-state index is 12.9. The van der Waals surface area contributed by atoms with Crippen LogP contribution in [-0.2, 0) is 26.0 Å². The number of benzene rings is 2. The summed E-state index contributed by atoms with van der Waals surface area (Å²) in [5.41, 5.74) is 2.43. The molecule has 0 amide bonds. The second kappa shape index (κ2) is 7.98. The predicted octanol–water partition coefficient (Wildman–Crippen LogP) is 3.75. The fourth-order valence-corrected chi connectivity index (χ4v) is 4.36. The molecule has 0 bridgehead atoms. The van der Waals surface area contributed by atoms with Crippen LogP contribution in [0.5, 0.6) is 0 Å². The monoisotopic (exact) mass is 403 g/mol. The molecule has 0 N–H and O–H groups in total. The molecule has 0 aromatic heterocycles. The minimum absolute atomic E-state index is 0.0563. The van der Waals surface area contributed by atoms with E-state index in [9.17, 15) is 13.2 Å². The number of anilines is 1. The van der Waals surface area contributed by atoms with Gasteiger partial charge < -0.3 is 4.74 Å². The number of hydrogen-bond acceptors (Lipinski definition) is 4. The van der Waals surface area contributed by atoms with Gasteiger partial charge in [0.25, 0.3) is 10.0 Å². The number of sulfonamides is 1. The molecule has 0 unspecified atom stereocenters. The van der Waals surface area contributed by atoms with Crippen LogP contribution in [0.1, 0.15) is 11.1 Å². The smallest absolute Gasteiger partial charge is 0.331 e. The van der Waals surface area contributed by atoms with Crippen LogP contribution in [0.15, 0.2) is 71.1 Å². The van der Waals surface area contributed by atoms with Crippen LogP contribution >= 0.6 is 11.6 Å². The molecular weight excluding hydrogens is 386 g/mol. The van der Waals surface area contributed by atoms with E-state index in [2.05, 4.69) is 6.58 Å². The maximum Gasteiger partial charge on any atom is 0.331 e. The summed E-state index contributed by atoms with van der Waals surface area (Å²) in [6.07, 6.45) is 3.49. The minimum Gasteiger partial charge on any atom is -0.457 e. The highest BCUT2D eigenvalue weighted by Gasteiger charge is 2.30. The third kappa shape index (κ3) is 4.40. The number of rotatable bonds is 6. The number of ether oxygens (including phenoxy) is 1. The van der Waals surface area contributed by atoms with Gasteiger partial charge in [-0.15, -0.1) is 0 Å². The minimum atomic E-state index is -3.63. The Morgan fingerprint density at radius 1 is 1.19 bits per heavy atom. The summed E-state index contributed by atoms with van der Waals surface area (Å²) in [5.74, 6) is -0.554. The lowest BCUT2D eigenvalue weighted by molar-refractivity contribution is -0.136. The first-order valence-electron chi connectivity index (χ1n) is 8.27. The van der Waals surface area contributed by atoms with Gasteiger partial charge in [0.05, 0.1) is 10.6 Å². The number of fused-ring (bicyclic) bond motifs is 1. The highest BCUT2D eigenvalue weighted by atomic mass is 35.5. The van der Waals surface area contributed by atoms with E-state index in [1.165, 1.54) is 22.5 Å². The average Bonchev–Trinajstić information content (AvgIpc) is 3.10. The molecule has 0 radical (unpaired) electrons. The second-order valence-electron chi connectivity index (χ2n) is 5.98. The van der Waals surface area contributed by atoms with E-state index < -0.39 is 16.0 Å². The van der Waals surface area contributed by atoms with Crippen molar-refractivity contribution in [3.8, 4) is 0 Å². The molecule has 1 aliphatic heterocycles. The largest absolute Gasteiger partial charge is 0.457 e. The highest BCUT2D eigenvalue weighted by molar-refractivity contribution is 7.92. The number of nitrogens with zero attached hydrogens (tertiary/aromatic N) is 1. The molecule has 7 heteroatoms. The van der Waals surface area contributed by atoms with Crippen molar-refractivity contribution in [1.29, 1.82) is 0 Å². The summed E-state index contributed by atoms with van der Waals surface area (Å²) < 4.78 is 32.2. The standard InChI is InChI=1S/C20H18ClNO4S/c1-15(21)14-26-20(23)11-8-16-6-9-18(10-7-16)27(24,25)22-13-12-17-4-2-3-5-19(17)22/h2-11H,1,12-14H2/b11-8+. The van der Waals surface area contributed by atoms with Crippen molar-refractivity contribution in [3.05, 3.63) is 77.3 Å². The summed E-state index contributed by atoms with van der Waals surface area (Å²) in [5, 5.41) is 0.231. The Hall–Kier alpha value is -2.57. The van der Waals surface area contributed by atoms with Crippen LogP contribution in [0.25, 0.3) is 6.08 Å². The third-order valence-electron chi connectivity index (χ3n) is 4.10. The molecule has 140 valence electrons. The Labute approximate surface area is 163 Å². The molecule has 1 heterocycles. The van der Waals surface area contributed by atoms with Gasteiger partial charge in [-0.3, -0.25) is 4.31 Å². The molecule has 0 fully saturated rings. The predicted molar refractivity (Wildman–Crippen MR) is 106 cm³/mol. The topological polar surface area (TPSA) is 63.7 Å². The van der Waals surface area contributed by atoms with Gasteiger partial charge in [0, 0.05) is 17.7 Å². The fourth-order valence-electron chi connectivity index (χ4n) is 2.80. The average molecular weight is 404 g/mol. The second-order valence-corrected chi connectivity index (χ2v) is 8.38. The van der Waals surface area contributed by atoms with Crippen LogP contribution in [0.4, 0.5) is 5.69 Å². The van der Waals surface area contributed by atoms with Crippen molar-refractivity contribution in [2.45, 2.75) is 11.3 Å². The molecule has 0 saturated carbocycles. The van der Waals surface area contributed by atoms with Crippen molar-refractivity contribution in [2.24, 2.45) is 0 Å². The van der Waals surface area contributed by atoms with E-state index in [1.807, 2.05) is 24.3 Å². The van der Waals surface area contributed by atoms with Crippen LogP contribution in [0.2, 0.25) is 0 Å². The molecule has 27 heavy (non-hydrogen) atoms. The first-order valence-corrected chi connectivity index (χ1v) is 10.1. The normalized spacial score (nSPS) is 13.6. The van der Waals surface area contributed by atoms with Gasteiger partial charge in [-0.05, 0) is 41.8 Å². The summed E-state index contributed by atoms with van der Waals surface area (Å²) in [7, 11) is -3.63. The van der Waals surface area contributed by atoms with Gasteiger partial charge in [0.15, 0.2) is 0 Å². The first kappa shape index (κ1) is 19.2. The van der Waals surface area contributed by atoms with E-state index in [-0.39, 0.29) is 16.5 Å². The number of hydrogen-bond donors (Lipinski definition) is 0. The van der Waals surface area contributed by atoms with Gasteiger partial charge >= 0.3 is 5.97 Å². The summed E-state index contributed by atoms with van der Waals surface area (Å²) in [4.78, 5) is 11.7. The van der Waals surface area contributed by atoms with E-state index in [1.54, 1.807) is 18.2 Å². The van der Waals surface area contributed by atoms with E-state index in [4.69, 9.17) is 16.3 Å². The SMILES string of the molecule is C=C(Cl)COC(=O)/C=C/c1ccc(S(=O)(=O)N2CCc3ccccc32)cc1. The lowest BCUT2D eigenvalue weighted by Gasteiger charge is -2.19. The molecule has 0 saturated heterocycles. The van der Waals surface area contributed by atoms with Gasteiger partial charge in [-0.1, -0.05) is 48.5 Å². The van der Waals surface area contributed by atoms with Crippen LogP contribution in [0.3, 0.4) is 0 Å². The zero-order chi connectivity index (χ0) is 19.4. The van der Waals surface area contributed by atoms with Gasteiger partial charge in [-0.25, -0.2) is 13.2 Å². The Bertz CT molecular complexity index is 997. The van der Waals surface area contributed by atoms with Gasteiger partial charge in [-0.2, -0.15) is 0 Å². The zero-order valence-electron chi connectivity index (χ0n) is 14.5. The summed E-state index contributed by atoms with van der Waals surface area (Å²) in [6.45, 7) is 3.80. The van der Waals surface area contributed by atoms with Gasteiger partial charge in [0.1, 0.15) is 6.61 Å². The molecule has 3 rings (SSSR count). The van der Waals surface area contributed by atoms with Gasteiger partial charge in [0.2, 0.25) is 0 Å². The molecule has 2 aromatic carbocycles. The summed E-state index contributed by atoms with van der Waals surface area (Å²) >= 11 is 5.53. The summed E-state index contributed by atoms with van der Waals surface area (Å²) in [6, 6.07) is 13.8. The van der Waals surface area contributed by atoms with E-state index >= 15 is 0 Å². The molecule has 1 aliphatic rings. The van der Waals surface area contributed by atoms with Crippen LogP contribution in [-0.4, -0.2) is 27.5 Å². The molecule has 0 aliphatic carbocycles. The Balaban J connectivity index is 1.74. The van der Waals surface area contributed by atoms with E-state index in [0.717, 1.165) is 11.3 Å². The molecule has 0 spiro atoms. The van der Waals surface area contributed by atoms with Crippen molar-refractivity contribution >= 4 is 39.4 Å². The van der Waals surface area contributed by atoms with E-state index in [0.29, 0.717) is 18.5 Å². The Kier molecular flexibility index (Phi) is 5.68. The van der Waals surface area contributed by atoms with Crippen molar-refractivity contribution < 1.29 is 17.9 Å². The Morgan fingerprint density at radius 3 is 2.59 bits per heavy atom. The molecule has 5 nitrogen and oxygen atoms in total. The number of para-hydroxylation sites is 1. The lowest BCUT2D eigenvalue weighted by Crippen LogP contribution is -2.29. The lowest BCUT2D eigenvalue weighted by atomic mass is 10.2. The molecule has 2 aromatic rings. The van der Waals surface area contributed by atoms with Crippen molar-refractivity contribution in [2.75, 3.05) is 17.5 Å². The third-order valence-corrected chi connectivity index (χ3v) is 6.03. The van der Waals surface area contributed by atoms with Crippen molar-refractivity contribution in [1.82, 2.24) is 0 Å². The number of carbonyl (C=O) groups is 1. The Morgan fingerprint density at radius 2 is 1.89 bits per heavy atom. The number of esters is 1. The first-order chi connectivity index (χ1) is 12.9. The molecule has 0 atom stereocenters. The molecular formula is C20H18ClNO4S. The highest BCUT2D eigenvalue weighted by Crippen LogP contribution is 2.32. The van der Waals surface area contributed by atoms with Crippen LogP contribution in [0, 0.1) is 0 Å². The number of carbonyl (C=O) groups excluding carboxylic acids is 1. The van der Waals surface area contributed by atoms with Crippen LogP contribution < -0.4 is 4.31 Å². The number of halogens is 1. The van der Waals surface area contributed by atoms with Crippen molar-refractivity contribution in [3.63, 3.8) is 0 Å². The zero-order valence-corrected chi connectivity index (χ0v) is 16.0. The quantitative estimate of drug-likeness (QED) is 0.544. The fraction of sp³-hybridized carbons (Fsp3) is 0.150. The maximum absolute atomic E-state index is 12.9.